The van der Waals surface area contributed by atoms with E-state index in [2.05, 4.69) is 5.32 Å². The van der Waals surface area contributed by atoms with E-state index >= 15 is 0 Å². The van der Waals surface area contributed by atoms with Crippen molar-refractivity contribution in [3.8, 4) is 0 Å². The molecule has 11 heavy (non-hydrogen) atoms. The second kappa shape index (κ2) is 2.96. The summed E-state index contributed by atoms with van der Waals surface area (Å²) in [5.41, 5.74) is 0. The maximum absolute atomic E-state index is 10.9. The van der Waals surface area contributed by atoms with Gasteiger partial charge in [-0.15, -0.1) is 0 Å². The fraction of sp³-hybridized carbons (Fsp3) is 0.333. The summed E-state index contributed by atoms with van der Waals surface area (Å²) in [6.45, 7) is 0. The third-order valence-electron chi connectivity index (χ3n) is 1.02. The van der Waals surface area contributed by atoms with E-state index in [4.69, 9.17) is 0 Å². The van der Waals surface area contributed by atoms with Gasteiger partial charge >= 0.3 is 0 Å². The minimum Gasteiger partial charge on any atom is -0.382 e. The summed E-state index contributed by atoms with van der Waals surface area (Å²) in [7, 11) is 3.59. The Bertz CT molecular complexity index is 235. The van der Waals surface area contributed by atoms with E-state index in [0.717, 1.165) is 11.8 Å². The van der Waals surface area contributed by atoms with Gasteiger partial charge in [0.15, 0.2) is 0 Å². The number of nitrogens with zero attached hydrogens (tertiary/aromatic N) is 1. The number of imide groups is 1. The quantitative estimate of drug-likeness (QED) is 0.581. The summed E-state index contributed by atoms with van der Waals surface area (Å²) in [6, 6.07) is 0. The first-order valence-electron chi connectivity index (χ1n) is 3.01. The van der Waals surface area contributed by atoms with E-state index in [-0.39, 0.29) is 11.1 Å². The molecular formula is C6H8N2O2S. The van der Waals surface area contributed by atoms with Gasteiger partial charge < -0.3 is 4.90 Å². The number of nitrogens with one attached hydrogen (secondary N) is 1. The Balaban J connectivity index is 2.75. The van der Waals surface area contributed by atoms with Crippen LogP contribution in [0.4, 0.5) is 4.79 Å². The van der Waals surface area contributed by atoms with Crippen molar-refractivity contribution in [1.29, 1.82) is 0 Å². The summed E-state index contributed by atoms with van der Waals surface area (Å²) in [4.78, 5) is 23.7. The molecule has 1 N–H and O–H groups in total. The Labute approximate surface area is 68.6 Å². The number of thioether (sulfide) groups is 1. The molecule has 0 saturated carbocycles. The van der Waals surface area contributed by atoms with Gasteiger partial charge in [0.1, 0.15) is 0 Å². The standard InChI is InChI=1S/C6H8N2O2S/c1-8(2)3-4-5(9)7-6(10)11-4/h3H,1-2H3,(H,7,9,10)/b4-3-. The molecular weight excluding hydrogens is 164 g/mol. The van der Waals surface area contributed by atoms with Gasteiger partial charge in [0.2, 0.25) is 0 Å². The zero-order chi connectivity index (χ0) is 8.43. The molecule has 1 fully saturated rings. The van der Waals surface area contributed by atoms with Crippen LogP contribution in [0, 0.1) is 0 Å². The zero-order valence-corrected chi connectivity index (χ0v) is 7.07. The Hall–Kier alpha value is -0.970. The van der Waals surface area contributed by atoms with Crippen LogP contribution >= 0.6 is 11.8 Å². The van der Waals surface area contributed by atoms with E-state index < -0.39 is 0 Å². The molecule has 1 rings (SSSR count). The van der Waals surface area contributed by atoms with Crippen LogP contribution in [0.5, 0.6) is 0 Å². The molecule has 4 nitrogen and oxygen atoms in total. The molecule has 0 spiro atoms. The fourth-order valence-electron chi connectivity index (χ4n) is 0.646. The van der Waals surface area contributed by atoms with Gasteiger partial charge in [0.25, 0.3) is 11.1 Å². The molecule has 0 radical (unpaired) electrons. The van der Waals surface area contributed by atoms with Crippen LogP contribution in [0.15, 0.2) is 11.1 Å². The van der Waals surface area contributed by atoms with Gasteiger partial charge in [-0.3, -0.25) is 14.9 Å². The topological polar surface area (TPSA) is 49.4 Å². The van der Waals surface area contributed by atoms with Gasteiger partial charge in [0, 0.05) is 20.3 Å². The first kappa shape index (κ1) is 8.13. The maximum atomic E-state index is 10.9. The van der Waals surface area contributed by atoms with Crippen molar-refractivity contribution in [2.45, 2.75) is 0 Å². The number of carbonyl (C=O) groups is 2. The largest absolute Gasteiger partial charge is 0.382 e. The van der Waals surface area contributed by atoms with Crippen molar-refractivity contribution in [1.82, 2.24) is 10.2 Å². The molecule has 2 amide bonds. The molecule has 0 atom stereocenters. The molecule has 0 unspecified atom stereocenters. The second-order valence-corrected chi connectivity index (χ2v) is 3.32. The lowest BCUT2D eigenvalue weighted by Crippen LogP contribution is -2.18. The molecule has 60 valence electrons. The lowest BCUT2D eigenvalue weighted by Gasteiger charge is -2.03. The second-order valence-electron chi connectivity index (χ2n) is 2.30. The Morgan fingerprint density at radius 3 is 2.45 bits per heavy atom. The molecule has 0 bridgehead atoms. The number of amides is 2. The van der Waals surface area contributed by atoms with Crippen molar-refractivity contribution in [3.05, 3.63) is 11.1 Å². The Morgan fingerprint density at radius 2 is 2.09 bits per heavy atom. The third-order valence-corrected chi connectivity index (χ3v) is 1.82. The highest BCUT2D eigenvalue weighted by molar-refractivity contribution is 8.18. The first-order valence-corrected chi connectivity index (χ1v) is 3.82. The monoisotopic (exact) mass is 172 g/mol. The number of hydrogen-bond acceptors (Lipinski definition) is 4. The minimum absolute atomic E-state index is 0.303. The molecule has 0 aromatic carbocycles. The highest BCUT2D eigenvalue weighted by atomic mass is 32.2. The van der Waals surface area contributed by atoms with Gasteiger partial charge in [-0.25, -0.2) is 0 Å². The van der Waals surface area contributed by atoms with Crippen molar-refractivity contribution >= 4 is 22.9 Å². The first-order chi connectivity index (χ1) is 5.09. The average Bonchev–Trinajstić information content (AvgIpc) is 2.09. The van der Waals surface area contributed by atoms with E-state index in [1.54, 1.807) is 25.2 Å². The minimum atomic E-state index is -0.311. The normalized spacial score (nSPS) is 20.7. The van der Waals surface area contributed by atoms with Crippen molar-refractivity contribution in [2.24, 2.45) is 0 Å². The molecule has 0 aromatic rings. The Morgan fingerprint density at radius 1 is 1.45 bits per heavy atom. The maximum Gasteiger partial charge on any atom is 0.290 e. The molecule has 0 aliphatic carbocycles. The molecule has 1 aliphatic rings. The summed E-state index contributed by atoms with van der Waals surface area (Å²) in [5.74, 6) is -0.311. The fourth-order valence-corrected chi connectivity index (χ4v) is 1.40. The van der Waals surface area contributed by atoms with E-state index in [0.29, 0.717) is 4.91 Å². The van der Waals surface area contributed by atoms with E-state index in [1.165, 1.54) is 0 Å². The predicted molar refractivity (Wildman–Crippen MR) is 42.9 cm³/mol. The number of hydrogen-bond donors (Lipinski definition) is 1. The summed E-state index contributed by atoms with van der Waals surface area (Å²) >= 11 is 0.922. The van der Waals surface area contributed by atoms with Gasteiger partial charge in [-0.05, 0) is 11.8 Å². The molecule has 0 aromatic heterocycles. The smallest absolute Gasteiger partial charge is 0.290 e. The summed E-state index contributed by atoms with van der Waals surface area (Å²) in [5, 5.41) is 1.86. The lowest BCUT2D eigenvalue weighted by atomic mass is 10.5. The molecule has 1 saturated heterocycles. The zero-order valence-electron chi connectivity index (χ0n) is 6.25. The van der Waals surface area contributed by atoms with Crippen LogP contribution in [0.2, 0.25) is 0 Å². The van der Waals surface area contributed by atoms with Crippen molar-refractivity contribution < 1.29 is 9.59 Å². The van der Waals surface area contributed by atoms with E-state index in [1.807, 2.05) is 0 Å². The summed E-state index contributed by atoms with van der Waals surface area (Å²) in [6.07, 6.45) is 1.62. The number of rotatable bonds is 1. The Kier molecular flexibility index (Phi) is 2.19. The van der Waals surface area contributed by atoms with Gasteiger partial charge in [-0.2, -0.15) is 0 Å². The van der Waals surface area contributed by atoms with Crippen molar-refractivity contribution in [3.63, 3.8) is 0 Å². The lowest BCUT2D eigenvalue weighted by molar-refractivity contribution is -0.115. The van der Waals surface area contributed by atoms with Crippen molar-refractivity contribution in [2.75, 3.05) is 14.1 Å². The van der Waals surface area contributed by atoms with Gasteiger partial charge in [0.05, 0.1) is 4.91 Å². The molecule has 5 heteroatoms. The molecule has 1 heterocycles. The highest BCUT2D eigenvalue weighted by Crippen LogP contribution is 2.22. The van der Waals surface area contributed by atoms with Crippen LogP contribution in [0.25, 0.3) is 0 Å². The summed E-state index contributed by atoms with van der Waals surface area (Å²) < 4.78 is 0. The highest BCUT2D eigenvalue weighted by Gasteiger charge is 2.24. The average molecular weight is 172 g/mol. The molecule has 1 aliphatic heterocycles. The van der Waals surface area contributed by atoms with Crippen LogP contribution in [0.3, 0.4) is 0 Å². The van der Waals surface area contributed by atoms with Crippen LogP contribution < -0.4 is 5.32 Å². The van der Waals surface area contributed by atoms with Crippen LogP contribution in [0.1, 0.15) is 0 Å². The van der Waals surface area contributed by atoms with Crippen LogP contribution in [-0.4, -0.2) is 30.1 Å². The SMILES string of the molecule is CN(C)/C=C1\SC(=O)NC1=O. The number of carbonyl (C=O) groups excluding carboxylic acids is 2. The van der Waals surface area contributed by atoms with E-state index in [9.17, 15) is 9.59 Å². The third kappa shape index (κ3) is 1.98. The van der Waals surface area contributed by atoms with Gasteiger partial charge in [-0.1, -0.05) is 0 Å². The van der Waals surface area contributed by atoms with Crippen LogP contribution in [-0.2, 0) is 4.79 Å². The predicted octanol–water partition coefficient (Wildman–Crippen LogP) is 0.372.